The van der Waals surface area contributed by atoms with Crippen LogP contribution >= 0.6 is 0 Å². The topological polar surface area (TPSA) is 55.9 Å². The predicted octanol–water partition coefficient (Wildman–Crippen LogP) is 3.08. The first-order valence-corrected chi connectivity index (χ1v) is 6.65. The minimum atomic E-state index is 0.690. The fourth-order valence-corrected chi connectivity index (χ4v) is 2.42. The lowest BCUT2D eigenvalue weighted by Crippen LogP contribution is -2.06. The number of nitrogens with two attached hydrogens (primary N) is 1. The van der Waals surface area contributed by atoms with Gasteiger partial charge >= 0.3 is 0 Å². The molecule has 0 aliphatic heterocycles. The third-order valence-electron chi connectivity index (χ3n) is 3.47. The summed E-state index contributed by atoms with van der Waals surface area (Å²) < 4.78 is 1.84. The fourth-order valence-electron chi connectivity index (χ4n) is 2.42. The van der Waals surface area contributed by atoms with Crippen LogP contribution < -0.4 is 11.1 Å². The minimum absolute atomic E-state index is 0.690. The van der Waals surface area contributed by atoms with Crippen LogP contribution in [0.15, 0.2) is 42.5 Å². The van der Waals surface area contributed by atoms with Crippen LogP contribution in [-0.4, -0.2) is 9.78 Å². The van der Waals surface area contributed by atoms with E-state index in [-0.39, 0.29) is 0 Å². The van der Waals surface area contributed by atoms with E-state index in [0.29, 0.717) is 6.54 Å². The second-order valence-corrected chi connectivity index (χ2v) is 5.05. The molecule has 0 radical (unpaired) electrons. The second-order valence-electron chi connectivity index (χ2n) is 5.05. The second kappa shape index (κ2) is 4.89. The molecule has 3 N–H and O–H groups in total. The molecule has 0 aliphatic rings. The lowest BCUT2D eigenvalue weighted by molar-refractivity contribution is 0.758. The molecule has 102 valence electrons. The van der Waals surface area contributed by atoms with Crippen molar-refractivity contribution in [1.29, 1.82) is 0 Å². The average Bonchev–Trinajstić information content (AvgIpc) is 2.74. The Balaban J connectivity index is 1.87. The molecule has 0 unspecified atom stereocenters. The molecule has 0 saturated carbocycles. The van der Waals surface area contributed by atoms with Crippen molar-refractivity contribution in [1.82, 2.24) is 9.78 Å². The Labute approximate surface area is 118 Å². The van der Waals surface area contributed by atoms with Crippen LogP contribution in [0.5, 0.6) is 0 Å². The normalized spacial score (nSPS) is 10.9. The van der Waals surface area contributed by atoms with Gasteiger partial charge in [0, 0.05) is 25.3 Å². The molecule has 3 aromatic rings. The molecule has 0 fully saturated rings. The monoisotopic (exact) mass is 266 g/mol. The van der Waals surface area contributed by atoms with Crippen molar-refractivity contribution in [2.75, 3.05) is 11.1 Å². The highest BCUT2D eigenvalue weighted by Gasteiger charge is 2.05. The van der Waals surface area contributed by atoms with Gasteiger partial charge in [0.25, 0.3) is 0 Å². The van der Waals surface area contributed by atoms with E-state index in [1.54, 1.807) is 0 Å². The van der Waals surface area contributed by atoms with Crippen LogP contribution in [0.4, 0.5) is 11.5 Å². The molecule has 2 aromatic carbocycles. The number of nitrogens with zero attached hydrogens (tertiary/aromatic N) is 2. The number of nitrogen functional groups attached to an aromatic ring is 1. The van der Waals surface area contributed by atoms with Gasteiger partial charge in [-0.05, 0) is 35.4 Å². The molecule has 20 heavy (non-hydrogen) atoms. The third-order valence-corrected chi connectivity index (χ3v) is 3.47. The quantitative estimate of drug-likeness (QED) is 0.716. The summed E-state index contributed by atoms with van der Waals surface area (Å²) in [7, 11) is 1.93. The highest BCUT2D eigenvalue weighted by atomic mass is 15.3. The van der Waals surface area contributed by atoms with Gasteiger partial charge in [-0.25, -0.2) is 0 Å². The molecular formula is C16H18N4. The summed E-state index contributed by atoms with van der Waals surface area (Å²) >= 11 is 0. The number of fused-ring (bicyclic) bond motifs is 1. The number of nitrogens with one attached hydrogen (secondary N) is 1. The number of aromatic nitrogens is 2. The van der Waals surface area contributed by atoms with E-state index in [1.165, 1.54) is 10.8 Å². The smallest absolute Gasteiger partial charge is 0.124 e. The van der Waals surface area contributed by atoms with Gasteiger partial charge in [0.05, 0.1) is 5.69 Å². The Morgan fingerprint density at radius 3 is 2.50 bits per heavy atom. The zero-order valence-electron chi connectivity index (χ0n) is 11.7. The molecule has 0 saturated heterocycles. The number of anilines is 2. The number of benzene rings is 2. The Kier molecular flexibility index (Phi) is 3.06. The van der Waals surface area contributed by atoms with Crippen molar-refractivity contribution < 1.29 is 0 Å². The molecule has 3 rings (SSSR count). The molecule has 0 bridgehead atoms. The molecule has 1 aromatic heterocycles. The van der Waals surface area contributed by atoms with Crippen LogP contribution in [-0.2, 0) is 13.6 Å². The van der Waals surface area contributed by atoms with Gasteiger partial charge in [-0.2, -0.15) is 5.10 Å². The fraction of sp³-hybridized carbons (Fsp3) is 0.188. The van der Waals surface area contributed by atoms with E-state index in [1.807, 2.05) is 42.9 Å². The van der Waals surface area contributed by atoms with Gasteiger partial charge in [0.1, 0.15) is 5.82 Å². The van der Waals surface area contributed by atoms with Gasteiger partial charge in [-0.1, -0.05) is 24.3 Å². The number of hydrogen-bond acceptors (Lipinski definition) is 3. The zero-order chi connectivity index (χ0) is 14.1. The van der Waals surface area contributed by atoms with E-state index >= 15 is 0 Å². The predicted molar refractivity (Wildman–Crippen MR) is 83.6 cm³/mol. The maximum atomic E-state index is 6.13. The van der Waals surface area contributed by atoms with Gasteiger partial charge in [0.2, 0.25) is 0 Å². The first-order chi connectivity index (χ1) is 9.63. The Morgan fingerprint density at radius 2 is 1.85 bits per heavy atom. The van der Waals surface area contributed by atoms with Gasteiger partial charge < -0.3 is 11.1 Å². The lowest BCUT2D eigenvalue weighted by atomic mass is 10.1. The first-order valence-electron chi connectivity index (χ1n) is 6.65. The van der Waals surface area contributed by atoms with Crippen molar-refractivity contribution >= 4 is 22.3 Å². The van der Waals surface area contributed by atoms with Crippen LogP contribution in [0.25, 0.3) is 10.8 Å². The summed E-state index contributed by atoms with van der Waals surface area (Å²) in [5, 5.41) is 10.1. The molecule has 1 heterocycles. The van der Waals surface area contributed by atoms with Crippen LogP contribution in [0, 0.1) is 6.92 Å². The van der Waals surface area contributed by atoms with Crippen molar-refractivity contribution in [3.05, 3.63) is 53.7 Å². The van der Waals surface area contributed by atoms with E-state index < -0.39 is 0 Å². The van der Waals surface area contributed by atoms with E-state index in [2.05, 4.69) is 28.6 Å². The van der Waals surface area contributed by atoms with Crippen molar-refractivity contribution in [3.63, 3.8) is 0 Å². The van der Waals surface area contributed by atoms with Crippen molar-refractivity contribution in [2.45, 2.75) is 13.5 Å². The highest BCUT2D eigenvalue weighted by Crippen LogP contribution is 2.22. The SMILES string of the molecule is Cc1cc(NCc2cc3ccccc3cc2N)n(C)n1. The van der Waals surface area contributed by atoms with Crippen LogP contribution in [0.3, 0.4) is 0 Å². The van der Waals surface area contributed by atoms with Gasteiger partial charge in [-0.15, -0.1) is 0 Å². The van der Waals surface area contributed by atoms with Gasteiger partial charge in [-0.3, -0.25) is 4.68 Å². The molecule has 0 atom stereocenters. The molecule has 4 nitrogen and oxygen atoms in total. The molecular weight excluding hydrogens is 248 g/mol. The van der Waals surface area contributed by atoms with Gasteiger partial charge in [0.15, 0.2) is 0 Å². The lowest BCUT2D eigenvalue weighted by Gasteiger charge is -2.10. The first kappa shape index (κ1) is 12.5. The zero-order valence-corrected chi connectivity index (χ0v) is 11.7. The number of hydrogen-bond donors (Lipinski definition) is 2. The van der Waals surface area contributed by atoms with Crippen molar-refractivity contribution in [3.8, 4) is 0 Å². The third kappa shape index (κ3) is 2.32. The number of rotatable bonds is 3. The summed E-state index contributed by atoms with van der Waals surface area (Å²) in [6, 6.07) is 14.4. The summed E-state index contributed by atoms with van der Waals surface area (Å²) in [4.78, 5) is 0. The average molecular weight is 266 g/mol. The summed E-state index contributed by atoms with van der Waals surface area (Å²) in [5.41, 5.74) is 9.05. The molecule has 0 spiro atoms. The minimum Gasteiger partial charge on any atom is -0.398 e. The van der Waals surface area contributed by atoms with E-state index in [9.17, 15) is 0 Å². The molecule has 0 amide bonds. The van der Waals surface area contributed by atoms with Crippen LogP contribution in [0.2, 0.25) is 0 Å². The molecule has 4 heteroatoms. The van der Waals surface area contributed by atoms with Crippen molar-refractivity contribution in [2.24, 2.45) is 7.05 Å². The maximum absolute atomic E-state index is 6.13. The van der Waals surface area contributed by atoms with E-state index in [4.69, 9.17) is 5.73 Å². The van der Waals surface area contributed by atoms with Crippen LogP contribution in [0.1, 0.15) is 11.3 Å². The Morgan fingerprint density at radius 1 is 1.15 bits per heavy atom. The Bertz CT molecular complexity index is 758. The summed E-state index contributed by atoms with van der Waals surface area (Å²) in [5.74, 6) is 0.995. The largest absolute Gasteiger partial charge is 0.398 e. The maximum Gasteiger partial charge on any atom is 0.124 e. The summed E-state index contributed by atoms with van der Waals surface area (Å²) in [6.45, 7) is 2.67. The molecule has 0 aliphatic carbocycles. The summed E-state index contributed by atoms with van der Waals surface area (Å²) in [6.07, 6.45) is 0. The highest BCUT2D eigenvalue weighted by molar-refractivity contribution is 5.86. The number of aryl methyl sites for hydroxylation is 2. The Hall–Kier alpha value is -2.49. The van der Waals surface area contributed by atoms with E-state index in [0.717, 1.165) is 22.8 Å². The standard InChI is InChI=1S/C16H18N4/c1-11-7-16(20(2)19-11)18-10-14-8-12-5-3-4-6-13(12)9-15(14)17/h3-9,18H,10,17H2,1-2H3.